The fourth-order valence-electron chi connectivity index (χ4n) is 1.16. The second kappa shape index (κ2) is 4.43. The minimum absolute atomic E-state index is 0.281. The molecule has 0 aliphatic carbocycles. The summed E-state index contributed by atoms with van der Waals surface area (Å²) < 4.78 is 4.63. The first kappa shape index (κ1) is 10.2. The molecule has 6 heteroatoms. The van der Waals surface area contributed by atoms with Crippen LogP contribution in [0.2, 0.25) is 0 Å². The van der Waals surface area contributed by atoms with Crippen LogP contribution in [0.3, 0.4) is 0 Å². The highest BCUT2D eigenvalue weighted by Crippen LogP contribution is 2.03. The first-order valence-electron chi connectivity index (χ1n) is 4.64. The number of pyridine rings is 1. The standard InChI is InChI=1S/C10H10N4O2/c11-7-1-3-12-9(5-7)10(15)13-6-8-2-4-16-14-8/h1-5H,6H2,(H2,11,12)(H,13,15). The van der Waals surface area contributed by atoms with Crippen molar-refractivity contribution in [2.75, 3.05) is 5.73 Å². The zero-order valence-electron chi connectivity index (χ0n) is 8.38. The topological polar surface area (TPSA) is 94.0 Å². The average Bonchev–Trinajstić information content (AvgIpc) is 2.78. The number of nitrogens with two attached hydrogens (primary N) is 1. The van der Waals surface area contributed by atoms with Crippen LogP contribution in [-0.2, 0) is 6.54 Å². The molecule has 2 aromatic rings. The summed E-state index contributed by atoms with van der Waals surface area (Å²) in [5.41, 5.74) is 6.97. The van der Waals surface area contributed by atoms with Crippen LogP contribution in [0, 0.1) is 0 Å². The van der Waals surface area contributed by atoms with Crippen molar-refractivity contribution in [3.63, 3.8) is 0 Å². The maximum absolute atomic E-state index is 11.6. The maximum Gasteiger partial charge on any atom is 0.270 e. The van der Waals surface area contributed by atoms with Crippen molar-refractivity contribution < 1.29 is 9.32 Å². The highest BCUT2D eigenvalue weighted by atomic mass is 16.5. The molecule has 0 saturated heterocycles. The van der Waals surface area contributed by atoms with Crippen molar-refractivity contribution in [2.24, 2.45) is 0 Å². The number of hydrogen-bond donors (Lipinski definition) is 2. The Balaban J connectivity index is 1.98. The number of hydrogen-bond acceptors (Lipinski definition) is 5. The van der Waals surface area contributed by atoms with Crippen LogP contribution in [0.5, 0.6) is 0 Å². The van der Waals surface area contributed by atoms with Crippen molar-refractivity contribution in [1.29, 1.82) is 0 Å². The fraction of sp³-hybridized carbons (Fsp3) is 0.100. The number of amides is 1. The summed E-state index contributed by atoms with van der Waals surface area (Å²) in [6, 6.07) is 4.81. The average molecular weight is 218 g/mol. The van der Waals surface area contributed by atoms with Gasteiger partial charge in [-0.05, 0) is 12.1 Å². The third-order valence-corrected chi connectivity index (χ3v) is 1.94. The monoisotopic (exact) mass is 218 g/mol. The first-order chi connectivity index (χ1) is 7.75. The van der Waals surface area contributed by atoms with Gasteiger partial charge in [0.15, 0.2) is 0 Å². The third-order valence-electron chi connectivity index (χ3n) is 1.94. The van der Waals surface area contributed by atoms with Crippen molar-refractivity contribution in [3.8, 4) is 0 Å². The number of carbonyl (C=O) groups excluding carboxylic acids is 1. The van der Waals surface area contributed by atoms with E-state index in [1.165, 1.54) is 18.5 Å². The zero-order valence-corrected chi connectivity index (χ0v) is 8.38. The smallest absolute Gasteiger partial charge is 0.270 e. The molecule has 2 aromatic heterocycles. The molecular formula is C10H10N4O2. The first-order valence-corrected chi connectivity index (χ1v) is 4.64. The van der Waals surface area contributed by atoms with E-state index < -0.39 is 0 Å². The largest absolute Gasteiger partial charge is 0.399 e. The van der Waals surface area contributed by atoms with Gasteiger partial charge in [-0.1, -0.05) is 5.16 Å². The maximum atomic E-state index is 11.6. The lowest BCUT2D eigenvalue weighted by atomic mass is 10.3. The fourth-order valence-corrected chi connectivity index (χ4v) is 1.16. The molecule has 0 unspecified atom stereocenters. The molecule has 6 nitrogen and oxygen atoms in total. The van der Waals surface area contributed by atoms with Crippen LogP contribution < -0.4 is 11.1 Å². The Morgan fingerprint density at radius 1 is 1.50 bits per heavy atom. The van der Waals surface area contributed by atoms with E-state index in [4.69, 9.17) is 5.73 Å². The Kier molecular flexibility index (Phi) is 2.81. The van der Waals surface area contributed by atoms with Crippen molar-refractivity contribution in [2.45, 2.75) is 6.54 Å². The second-order valence-electron chi connectivity index (χ2n) is 3.15. The molecule has 0 atom stereocenters. The number of nitrogen functional groups attached to an aromatic ring is 1. The predicted octanol–water partition coefficient (Wildman–Crippen LogP) is 0.582. The van der Waals surface area contributed by atoms with Crippen molar-refractivity contribution in [1.82, 2.24) is 15.5 Å². The van der Waals surface area contributed by atoms with Gasteiger partial charge in [0.05, 0.1) is 6.54 Å². The molecule has 0 aliphatic rings. The molecule has 0 radical (unpaired) electrons. The molecule has 3 N–H and O–H groups in total. The minimum Gasteiger partial charge on any atom is -0.399 e. The van der Waals surface area contributed by atoms with E-state index in [1.54, 1.807) is 12.1 Å². The Morgan fingerprint density at radius 3 is 3.06 bits per heavy atom. The molecule has 1 amide bonds. The predicted molar refractivity (Wildman–Crippen MR) is 56.3 cm³/mol. The van der Waals surface area contributed by atoms with Gasteiger partial charge < -0.3 is 15.6 Å². The van der Waals surface area contributed by atoms with E-state index in [9.17, 15) is 4.79 Å². The summed E-state index contributed by atoms with van der Waals surface area (Å²) in [5, 5.41) is 6.31. The van der Waals surface area contributed by atoms with Crippen LogP contribution >= 0.6 is 0 Å². The van der Waals surface area contributed by atoms with Gasteiger partial charge in [-0.15, -0.1) is 0 Å². The van der Waals surface area contributed by atoms with E-state index in [0.29, 0.717) is 17.9 Å². The lowest BCUT2D eigenvalue weighted by Crippen LogP contribution is -2.24. The lowest BCUT2D eigenvalue weighted by molar-refractivity contribution is 0.0945. The Bertz CT molecular complexity index is 481. The molecule has 0 saturated carbocycles. The van der Waals surface area contributed by atoms with Gasteiger partial charge in [0.1, 0.15) is 17.7 Å². The molecule has 0 aliphatic heterocycles. The van der Waals surface area contributed by atoms with E-state index >= 15 is 0 Å². The quantitative estimate of drug-likeness (QED) is 0.785. The van der Waals surface area contributed by atoms with E-state index in [0.717, 1.165) is 0 Å². The van der Waals surface area contributed by atoms with Gasteiger partial charge in [-0.3, -0.25) is 9.78 Å². The van der Waals surface area contributed by atoms with Crippen LogP contribution in [0.15, 0.2) is 35.2 Å². The molecule has 16 heavy (non-hydrogen) atoms. The lowest BCUT2D eigenvalue weighted by Gasteiger charge is -2.02. The molecular weight excluding hydrogens is 208 g/mol. The molecule has 0 aromatic carbocycles. The Labute approximate surface area is 91.5 Å². The van der Waals surface area contributed by atoms with Gasteiger partial charge in [-0.2, -0.15) is 0 Å². The number of nitrogens with zero attached hydrogens (tertiary/aromatic N) is 2. The summed E-state index contributed by atoms with van der Waals surface area (Å²) in [6.45, 7) is 0.297. The number of rotatable bonds is 3. The summed E-state index contributed by atoms with van der Waals surface area (Å²) in [5.74, 6) is -0.296. The van der Waals surface area contributed by atoms with E-state index in [-0.39, 0.29) is 11.6 Å². The summed E-state index contributed by atoms with van der Waals surface area (Å²) >= 11 is 0. The van der Waals surface area contributed by atoms with Crippen LogP contribution in [-0.4, -0.2) is 16.0 Å². The van der Waals surface area contributed by atoms with E-state index in [1.807, 2.05) is 0 Å². The number of anilines is 1. The molecule has 0 fully saturated rings. The number of nitrogens with one attached hydrogen (secondary N) is 1. The normalized spacial score (nSPS) is 10.0. The molecule has 2 heterocycles. The highest BCUT2D eigenvalue weighted by Gasteiger charge is 2.07. The number of aromatic nitrogens is 2. The Hall–Kier alpha value is -2.37. The van der Waals surface area contributed by atoms with Crippen LogP contribution in [0.25, 0.3) is 0 Å². The molecule has 2 rings (SSSR count). The third kappa shape index (κ3) is 2.35. The highest BCUT2D eigenvalue weighted by molar-refractivity contribution is 5.92. The minimum atomic E-state index is -0.296. The van der Waals surface area contributed by atoms with Crippen LogP contribution in [0.4, 0.5) is 5.69 Å². The Morgan fingerprint density at radius 2 is 2.38 bits per heavy atom. The van der Waals surface area contributed by atoms with Gasteiger partial charge in [-0.25, -0.2) is 0 Å². The number of carbonyl (C=O) groups is 1. The summed E-state index contributed by atoms with van der Waals surface area (Å²) in [6.07, 6.45) is 2.93. The zero-order chi connectivity index (χ0) is 11.4. The van der Waals surface area contributed by atoms with Gasteiger partial charge in [0.25, 0.3) is 5.91 Å². The van der Waals surface area contributed by atoms with E-state index in [2.05, 4.69) is 20.0 Å². The van der Waals surface area contributed by atoms with Gasteiger partial charge >= 0.3 is 0 Å². The summed E-state index contributed by atoms with van der Waals surface area (Å²) in [7, 11) is 0. The SMILES string of the molecule is Nc1ccnc(C(=O)NCc2ccon2)c1. The van der Waals surface area contributed by atoms with Crippen LogP contribution in [0.1, 0.15) is 16.2 Å². The van der Waals surface area contributed by atoms with Gasteiger partial charge in [0, 0.05) is 18.0 Å². The summed E-state index contributed by atoms with van der Waals surface area (Å²) in [4.78, 5) is 15.5. The van der Waals surface area contributed by atoms with Crippen molar-refractivity contribution in [3.05, 3.63) is 42.0 Å². The molecule has 0 bridgehead atoms. The van der Waals surface area contributed by atoms with Gasteiger partial charge in [0.2, 0.25) is 0 Å². The van der Waals surface area contributed by atoms with Crippen molar-refractivity contribution >= 4 is 11.6 Å². The second-order valence-corrected chi connectivity index (χ2v) is 3.15. The molecule has 82 valence electrons. The molecule has 0 spiro atoms.